The van der Waals surface area contributed by atoms with Crippen molar-refractivity contribution in [3.63, 3.8) is 0 Å². The van der Waals surface area contributed by atoms with Gasteiger partial charge in [-0.25, -0.2) is 13.1 Å². The Hall–Kier alpha value is -2.91. The van der Waals surface area contributed by atoms with E-state index in [9.17, 15) is 18.0 Å². The SMILES string of the molecule is Cc1ccc(S(=O)(=O)NCCC(=O)Nc2ccc(N3CCC(C(N)=O)CC3)cc2)c(C)c1. The summed E-state index contributed by atoms with van der Waals surface area (Å²) in [5.74, 6) is -0.570. The van der Waals surface area contributed by atoms with E-state index in [1.165, 1.54) is 0 Å². The molecule has 4 N–H and O–H groups in total. The minimum absolute atomic E-state index is 0.00831. The monoisotopic (exact) mass is 458 g/mol. The van der Waals surface area contributed by atoms with Crippen molar-refractivity contribution in [3.8, 4) is 0 Å². The number of primary amides is 1. The summed E-state index contributed by atoms with van der Waals surface area (Å²) < 4.78 is 27.4. The maximum absolute atomic E-state index is 12.5. The van der Waals surface area contributed by atoms with E-state index < -0.39 is 10.0 Å². The molecule has 0 radical (unpaired) electrons. The van der Waals surface area contributed by atoms with Crippen molar-refractivity contribution in [1.82, 2.24) is 4.72 Å². The highest BCUT2D eigenvalue weighted by Gasteiger charge is 2.23. The predicted molar refractivity (Wildman–Crippen MR) is 125 cm³/mol. The third kappa shape index (κ3) is 6.08. The smallest absolute Gasteiger partial charge is 0.240 e. The van der Waals surface area contributed by atoms with E-state index in [0.717, 1.165) is 37.2 Å². The van der Waals surface area contributed by atoms with Crippen LogP contribution in [0.2, 0.25) is 0 Å². The average Bonchev–Trinajstić information content (AvgIpc) is 2.74. The fourth-order valence-electron chi connectivity index (χ4n) is 3.88. The van der Waals surface area contributed by atoms with E-state index in [2.05, 4.69) is 14.9 Å². The minimum Gasteiger partial charge on any atom is -0.371 e. The van der Waals surface area contributed by atoms with Crippen LogP contribution in [0.15, 0.2) is 47.4 Å². The molecule has 0 atom stereocenters. The number of amides is 2. The van der Waals surface area contributed by atoms with Crippen LogP contribution in [-0.2, 0) is 19.6 Å². The number of hydrogen-bond donors (Lipinski definition) is 3. The maximum Gasteiger partial charge on any atom is 0.240 e. The Morgan fingerprint density at radius 2 is 1.72 bits per heavy atom. The van der Waals surface area contributed by atoms with Crippen molar-refractivity contribution in [1.29, 1.82) is 0 Å². The van der Waals surface area contributed by atoms with Crippen molar-refractivity contribution < 1.29 is 18.0 Å². The molecule has 32 heavy (non-hydrogen) atoms. The largest absolute Gasteiger partial charge is 0.371 e. The molecule has 0 aromatic heterocycles. The van der Waals surface area contributed by atoms with Crippen molar-refractivity contribution in [2.24, 2.45) is 11.7 Å². The first-order valence-corrected chi connectivity index (χ1v) is 12.1. The number of carbonyl (C=O) groups excluding carboxylic acids is 2. The fraction of sp³-hybridized carbons (Fsp3) is 0.391. The van der Waals surface area contributed by atoms with Crippen LogP contribution >= 0.6 is 0 Å². The van der Waals surface area contributed by atoms with E-state index >= 15 is 0 Å². The number of piperidine rings is 1. The van der Waals surface area contributed by atoms with Gasteiger partial charge in [0, 0.05) is 43.3 Å². The van der Waals surface area contributed by atoms with E-state index in [-0.39, 0.29) is 35.6 Å². The molecule has 3 rings (SSSR count). The van der Waals surface area contributed by atoms with Crippen LogP contribution in [-0.4, -0.2) is 39.9 Å². The number of benzene rings is 2. The van der Waals surface area contributed by atoms with Gasteiger partial charge in [0.25, 0.3) is 0 Å². The molecule has 8 nitrogen and oxygen atoms in total. The number of nitrogens with zero attached hydrogens (tertiary/aromatic N) is 1. The van der Waals surface area contributed by atoms with Crippen LogP contribution in [0.25, 0.3) is 0 Å². The van der Waals surface area contributed by atoms with E-state index in [1.54, 1.807) is 19.1 Å². The second-order valence-electron chi connectivity index (χ2n) is 8.18. The van der Waals surface area contributed by atoms with Crippen molar-refractivity contribution in [2.45, 2.75) is 38.0 Å². The van der Waals surface area contributed by atoms with Gasteiger partial charge in [-0.3, -0.25) is 9.59 Å². The van der Waals surface area contributed by atoms with Gasteiger partial charge in [-0.05, 0) is 62.6 Å². The number of aryl methyl sites for hydroxylation is 2. The standard InChI is InChI=1S/C23H30N4O4S/c1-16-3-8-21(17(2)15-16)32(30,31)25-12-9-22(28)26-19-4-6-20(7-5-19)27-13-10-18(11-14-27)23(24)29/h3-8,15,18,25H,9-14H2,1-2H3,(H2,24,29)(H,26,28). The molecule has 1 saturated heterocycles. The Morgan fingerprint density at radius 3 is 2.31 bits per heavy atom. The Balaban J connectivity index is 1.47. The van der Waals surface area contributed by atoms with Crippen molar-refractivity contribution >= 4 is 33.2 Å². The van der Waals surface area contributed by atoms with Gasteiger partial charge in [-0.15, -0.1) is 0 Å². The second-order valence-corrected chi connectivity index (χ2v) is 9.91. The van der Waals surface area contributed by atoms with Crippen LogP contribution in [0.4, 0.5) is 11.4 Å². The van der Waals surface area contributed by atoms with Crippen LogP contribution in [0.3, 0.4) is 0 Å². The molecule has 0 aliphatic carbocycles. The van der Waals surface area contributed by atoms with Crippen LogP contribution in [0.1, 0.15) is 30.4 Å². The number of nitrogens with one attached hydrogen (secondary N) is 2. The van der Waals surface area contributed by atoms with Gasteiger partial charge in [-0.1, -0.05) is 17.7 Å². The number of anilines is 2. The molecule has 2 amide bonds. The number of carbonyl (C=O) groups is 2. The Labute approximate surface area is 189 Å². The molecule has 9 heteroatoms. The number of hydrogen-bond acceptors (Lipinski definition) is 5. The third-order valence-electron chi connectivity index (χ3n) is 5.68. The molecule has 0 saturated carbocycles. The molecular weight excluding hydrogens is 428 g/mol. The molecule has 0 spiro atoms. The summed E-state index contributed by atoms with van der Waals surface area (Å²) >= 11 is 0. The molecule has 1 heterocycles. The highest BCUT2D eigenvalue weighted by atomic mass is 32.2. The molecule has 172 valence electrons. The molecule has 1 fully saturated rings. The quantitative estimate of drug-likeness (QED) is 0.560. The highest BCUT2D eigenvalue weighted by Crippen LogP contribution is 2.24. The summed E-state index contributed by atoms with van der Waals surface area (Å²) in [4.78, 5) is 25.9. The van der Waals surface area contributed by atoms with Crippen LogP contribution in [0.5, 0.6) is 0 Å². The zero-order chi connectivity index (χ0) is 23.3. The first kappa shape index (κ1) is 23.7. The van der Waals surface area contributed by atoms with Crippen molar-refractivity contribution in [2.75, 3.05) is 29.9 Å². The highest BCUT2D eigenvalue weighted by molar-refractivity contribution is 7.89. The summed E-state index contributed by atoms with van der Waals surface area (Å²) in [6, 6.07) is 12.6. The molecular formula is C23H30N4O4S. The summed E-state index contributed by atoms with van der Waals surface area (Å²) in [6.07, 6.45) is 1.50. The minimum atomic E-state index is -3.67. The van der Waals surface area contributed by atoms with Crippen LogP contribution < -0.4 is 20.7 Å². The maximum atomic E-state index is 12.5. The molecule has 1 aliphatic heterocycles. The topological polar surface area (TPSA) is 122 Å². The molecule has 0 bridgehead atoms. The van der Waals surface area contributed by atoms with E-state index in [0.29, 0.717) is 11.3 Å². The van der Waals surface area contributed by atoms with Gasteiger partial charge < -0.3 is 16.0 Å². The zero-order valence-electron chi connectivity index (χ0n) is 18.4. The van der Waals surface area contributed by atoms with Gasteiger partial charge in [0.1, 0.15) is 0 Å². The summed E-state index contributed by atoms with van der Waals surface area (Å²) in [6.45, 7) is 5.19. The number of sulfonamides is 1. The molecule has 2 aromatic carbocycles. The van der Waals surface area contributed by atoms with Gasteiger partial charge in [0.05, 0.1) is 4.90 Å². The van der Waals surface area contributed by atoms with Gasteiger partial charge >= 0.3 is 0 Å². The summed E-state index contributed by atoms with van der Waals surface area (Å²) in [5, 5.41) is 2.79. The Kier molecular flexibility index (Phi) is 7.52. The summed E-state index contributed by atoms with van der Waals surface area (Å²) in [7, 11) is -3.67. The fourth-order valence-corrected chi connectivity index (χ4v) is 5.14. The molecule has 0 unspecified atom stereocenters. The second kappa shape index (κ2) is 10.1. The first-order chi connectivity index (χ1) is 15.2. The van der Waals surface area contributed by atoms with Crippen LogP contribution in [0, 0.1) is 19.8 Å². The van der Waals surface area contributed by atoms with Crippen molar-refractivity contribution in [3.05, 3.63) is 53.6 Å². The first-order valence-electron chi connectivity index (χ1n) is 10.7. The van der Waals surface area contributed by atoms with Gasteiger partial charge in [0.2, 0.25) is 21.8 Å². The Bertz CT molecular complexity index is 1080. The normalized spacial score (nSPS) is 14.9. The van der Waals surface area contributed by atoms with Gasteiger partial charge in [-0.2, -0.15) is 0 Å². The lowest BCUT2D eigenvalue weighted by Crippen LogP contribution is -2.38. The third-order valence-corrected chi connectivity index (χ3v) is 7.30. The Morgan fingerprint density at radius 1 is 1.06 bits per heavy atom. The molecule has 1 aliphatic rings. The predicted octanol–water partition coefficient (Wildman–Crippen LogP) is 2.31. The van der Waals surface area contributed by atoms with E-state index in [4.69, 9.17) is 5.73 Å². The lowest BCUT2D eigenvalue weighted by Gasteiger charge is -2.32. The average molecular weight is 459 g/mol. The lowest BCUT2D eigenvalue weighted by atomic mass is 9.96. The number of rotatable bonds is 8. The number of nitrogens with two attached hydrogens (primary N) is 1. The van der Waals surface area contributed by atoms with Gasteiger partial charge in [0.15, 0.2) is 0 Å². The van der Waals surface area contributed by atoms with E-state index in [1.807, 2.05) is 37.3 Å². The molecule has 2 aromatic rings. The summed E-state index contributed by atoms with van der Waals surface area (Å²) in [5.41, 5.74) is 8.70. The zero-order valence-corrected chi connectivity index (χ0v) is 19.2. The lowest BCUT2D eigenvalue weighted by molar-refractivity contribution is -0.122.